The Kier molecular flexibility index (Phi) is 5.36. The molecule has 176 valence electrons. The van der Waals surface area contributed by atoms with Crippen molar-refractivity contribution in [3.05, 3.63) is 70.5 Å². The van der Waals surface area contributed by atoms with E-state index in [2.05, 4.69) is 35.0 Å². The van der Waals surface area contributed by atoms with E-state index in [0.29, 0.717) is 11.1 Å². The van der Waals surface area contributed by atoms with E-state index in [1.165, 1.54) is 0 Å². The minimum Gasteiger partial charge on any atom is -0.481 e. The van der Waals surface area contributed by atoms with E-state index >= 15 is 0 Å². The number of nitrogens with zero attached hydrogens (tertiary/aromatic N) is 3. The van der Waals surface area contributed by atoms with Gasteiger partial charge in [-0.2, -0.15) is 0 Å². The Balaban J connectivity index is 1.55. The van der Waals surface area contributed by atoms with Crippen LogP contribution in [0.4, 0.5) is 0 Å². The molecule has 5 aromatic rings. The molecule has 1 fully saturated rings. The van der Waals surface area contributed by atoms with Crippen LogP contribution in [-0.4, -0.2) is 38.7 Å². The van der Waals surface area contributed by atoms with E-state index < -0.39 is 5.97 Å². The van der Waals surface area contributed by atoms with Gasteiger partial charge in [-0.25, -0.2) is 9.97 Å². The molecule has 2 N–H and O–H groups in total. The molecular weight excluding hydrogens is 480 g/mol. The predicted octanol–water partition coefficient (Wildman–Crippen LogP) is 6.02. The summed E-state index contributed by atoms with van der Waals surface area (Å²) in [5, 5.41) is 14.5. The lowest BCUT2D eigenvalue weighted by atomic mass is 9.93. The van der Waals surface area contributed by atoms with Crippen molar-refractivity contribution >= 4 is 50.2 Å². The number of aliphatic carboxylic acids is 1. The van der Waals surface area contributed by atoms with Gasteiger partial charge in [0.25, 0.3) is 0 Å². The number of carboxylic acid groups (broad SMARTS) is 1. The van der Waals surface area contributed by atoms with Crippen molar-refractivity contribution in [3.63, 3.8) is 0 Å². The van der Waals surface area contributed by atoms with Crippen LogP contribution in [0.3, 0.4) is 0 Å². The van der Waals surface area contributed by atoms with E-state index in [9.17, 15) is 9.90 Å². The van der Waals surface area contributed by atoms with Crippen molar-refractivity contribution < 1.29 is 9.90 Å². The molecule has 0 spiro atoms. The average molecular weight is 503 g/mol. The predicted molar refractivity (Wildman–Crippen MR) is 142 cm³/mol. The Bertz CT molecular complexity index is 1620. The van der Waals surface area contributed by atoms with Crippen molar-refractivity contribution in [2.45, 2.75) is 26.3 Å². The van der Waals surface area contributed by atoms with Crippen LogP contribution in [0.5, 0.6) is 0 Å². The lowest BCUT2D eigenvalue weighted by molar-refractivity contribution is -0.136. The van der Waals surface area contributed by atoms with E-state index in [0.717, 1.165) is 73.0 Å². The van der Waals surface area contributed by atoms with Crippen LogP contribution < -0.4 is 5.32 Å². The highest BCUT2D eigenvalue weighted by Crippen LogP contribution is 2.41. The third-order valence-corrected chi connectivity index (χ3v) is 8.10. The maximum atomic E-state index is 11.7. The highest BCUT2D eigenvalue weighted by atomic mass is 35.5. The molecule has 2 aromatic heterocycles. The van der Waals surface area contributed by atoms with Crippen molar-refractivity contribution in [3.8, 4) is 21.7 Å². The number of benzene rings is 3. The van der Waals surface area contributed by atoms with Crippen LogP contribution in [0, 0.1) is 13.8 Å². The second-order valence-corrected chi connectivity index (χ2v) is 10.5. The molecule has 1 aliphatic heterocycles. The number of nitrogens with one attached hydrogen (secondary N) is 1. The summed E-state index contributed by atoms with van der Waals surface area (Å²) in [6.07, 6.45) is -0.0488. The number of thiazole rings is 1. The van der Waals surface area contributed by atoms with E-state index in [4.69, 9.17) is 21.6 Å². The van der Waals surface area contributed by atoms with Gasteiger partial charge in [0, 0.05) is 29.2 Å². The second-order valence-electron chi connectivity index (χ2n) is 9.04. The Hall–Kier alpha value is -3.26. The van der Waals surface area contributed by atoms with Gasteiger partial charge in [-0.05, 0) is 66.9 Å². The molecule has 6 nitrogen and oxygen atoms in total. The Labute approximate surface area is 211 Å². The maximum absolute atomic E-state index is 11.7. The molecule has 1 aliphatic rings. The molecule has 8 heteroatoms. The molecule has 0 saturated carbocycles. The minimum absolute atomic E-state index is 0.0488. The van der Waals surface area contributed by atoms with Gasteiger partial charge in [0.05, 0.1) is 33.7 Å². The molecular formula is C27H23ClN4O2S. The molecule has 0 amide bonds. The number of carboxylic acids is 1. The third kappa shape index (κ3) is 3.80. The summed E-state index contributed by atoms with van der Waals surface area (Å²) >= 11 is 7.74. The van der Waals surface area contributed by atoms with Gasteiger partial charge in [0.1, 0.15) is 10.8 Å². The fourth-order valence-corrected chi connectivity index (χ4v) is 6.18. The second kappa shape index (κ2) is 8.45. The van der Waals surface area contributed by atoms with E-state index in [-0.39, 0.29) is 6.42 Å². The first kappa shape index (κ1) is 22.2. The SMILES string of the molecule is Cc1cc2nc(-c3ccc4nc(C)n(C5CNC5)c4c3)sc2c(-c2ccc(Cl)cc2)c1CC(=O)O. The van der Waals surface area contributed by atoms with Crippen LogP contribution in [0.1, 0.15) is 23.0 Å². The molecule has 35 heavy (non-hydrogen) atoms. The first-order valence-electron chi connectivity index (χ1n) is 11.5. The number of carbonyl (C=O) groups is 1. The van der Waals surface area contributed by atoms with Gasteiger partial charge in [0.2, 0.25) is 0 Å². The molecule has 0 atom stereocenters. The first-order valence-corrected chi connectivity index (χ1v) is 12.7. The number of hydrogen-bond acceptors (Lipinski definition) is 5. The number of halogens is 1. The summed E-state index contributed by atoms with van der Waals surface area (Å²) in [7, 11) is 0. The van der Waals surface area contributed by atoms with Gasteiger partial charge in [-0.3, -0.25) is 4.79 Å². The zero-order valence-electron chi connectivity index (χ0n) is 19.3. The van der Waals surface area contributed by atoms with Crippen molar-refractivity contribution in [2.75, 3.05) is 13.1 Å². The highest BCUT2D eigenvalue weighted by Gasteiger charge is 2.24. The molecule has 1 saturated heterocycles. The van der Waals surface area contributed by atoms with Crippen LogP contribution in [0.15, 0.2) is 48.5 Å². The van der Waals surface area contributed by atoms with Crippen LogP contribution in [-0.2, 0) is 11.2 Å². The average Bonchev–Trinajstić information content (AvgIpc) is 3.34. The van der Waals surface area contributed by atoms with Crippen LogP contribution in [0.2, 0.25) is 5.02 Å². The van der Waals surface area contributed by atoms with Crippen molar-refractivity contribution in [2.24, 2.45) is 0 Å². The number of imidazole rings is 1. The van der Waals surface area contributed by atoms with Gasteiger partial charge in [0.15, 0.2) is 0 Å². The summed E-state index contributed by atoms with van der Waals surface area (Å²) in [6.45, 7) is 5.92. The standard InChI is InChI=1S/C27H23ClN4O2S/c1-14-9-22-26(25(20(14)11-24(33)34)16-3-6-18(28)7-4-16)35-27(31-22)17-5-8-21-23(10-17)32(15(2)30-21)19-12-29-13-19/h3-10,19,29H,11-13H2,1-2H3,(H,33,34). The van der Waals surface area contributed by atoms with Crippen LogP contribution in [0.25, 0.3) is 42.9 Å². The summed E-state index contributed by atoms with van der Waals surface area (Å²) in [4.78, 5) is 21.5. The van der Waals surface area contributed by atoms with Crippen molar-refractivity contribution in [1.82, 2.24) is 19.9 Å². The van der Waals surface area contributed by atoms with Gasteiger partial charge in [-0.15, -0.1) is 11.3 Å². The summed E-state index contributed by atoms with van der Waals surface area (Å²) in [5.41, 5.74) is 7.60. The monoisotopic (exact) mass is 502 g/mol. The lowest BCUT2D eigenvalue weighted by Gasteiger charge is -2.30. The van der Waals surface area contributed by atoms with E-state index in [1.807, 2.05) is 37.3 Å². The highest BCUT2D eigenvalue weighted by molar-refractivity contribution is 7.22. The molecule has 0 aliphatic carbocycles. The number of rotatable bonds is 5. The Morgan fingerprint density at radius 3 is 2.51 bits per heavy atom. The third-order valence-electron chi connectivity index (χ3n) is 6.71. The lowest BCUT2D eigenvalue weighted by Crippen LogP contribution is -2.43. The number of fused-ring (bicyclic) bond motifs is 2. The number of aromatic nitrogens is 3. The summed E-state index contributed by atoms with van der Waals surface area (Å²) in [5.74, 6) is 0.166. The zero-order valence-corrected chi connectivity index (χ0v) is 20.9. The smallest absolute Gasteiger partial charge is 0.307 e. The molecule has 6 rings (SSSR count). The molecule has 3 aromatic carbocycles. The normalized spacial score (nSPS) is 14.0. The first-order chi connectivity index (χ1) is 16.9. The Morgan fingerprint density at radius 1 is 1.09 bits per heavy atom. The van der Waals surface area contributed by atoms with Gasteiger partial charge < -0.3 is 15.0 Å². The molecule has 0 bridgehead atoms. The number of aryl methyl sites for hydroxylation is 2. The molecule has 0 radical (unpaired) electrons. The van der Waals surface area contributed by atoms with E-state index in [1.54, 1.807) is 11.3 Å². The number of hydrogen-bond donors (Lipinski definition) is 2. The molecule has 3 heterocycles. The van der Waals surface area contributed by atoms with Crippen LogP contribution >= 0.6 is 22.9 Å². The quantitative estimate of drug-likeness (QED) is 0.307. The molecule has 0 unspecified atom stereocenters. The van der Waals surface area contributed by atoms with Gasteiger partial charge >= 0.3 is 5.97 Å². The maximum Gasteiger partial charge on any atom is 0.307 e. The fraction of sp³-hybridized carbons (Fsp3) is 0.222. The Morgan fingerprint density at radius 2 is 1.83 bits per heavy atom. The largest absolute Gasteiger partial charge is 0.481 e. The summed E-state index contributed by atoms with van der Waals surface area (Å²) in [6, 6.07) is 16.3. The zero-order chi connectivity index (χ0) is 24.3. The van der Waals surface area contributed by atoms with Gasteiger partial charge in [-0.1, -0.05) is 23.7 Å². The van der Waals surface area contributed by atoms with Crippen molar-refractivity contribution in [1.29, 1.82) is 0 Å². The minimum atomic E-state index is -0.855. The topological polar surface area (TPSA) is 80.0 Å². The fourth-order valence-electron chi connectivity index (χ4n) is 4.92. The summed E-state index contributed by atoms with van der Waals surface area (Å²) < 4.78 is 3.30.